The van der Waals surface area contributed by atoms with Crippen LogP contribution in [0.15, 0.2) is 36.5 Å². The molecule has 18 heavy (non-hydrogen) atoms. The van der Waals surface area contributed by atoms with Crippen molar-refractivity contribution in [2.45, 2.75) is 6.92 Å². The lowest BCUT2D eigenvalue weighted by Crippen LogP contribution is -1.95. The molecule has 0 bridgehead atoms. The van der Waals surface area contributed by atoms with Gasteiger partial charge in [0, 0.05) is 11.6 Å². The van der Waals surface area contributed by atoms with E-state index >= 15 is 0 Å². The summed E-state index contributed by atoms with van der Waals surface area (Å²) in [5, 5.41) is 10.7. The summed E-state index contributed by atoms with van der Waals surface area (Å²) in [7, 11) is 1.58. The molecule has 0 atom stereocenters. The highest BCUT2D eigenvalue weighted by Gasteiger charge is 2.13. The molecule has 5 heteroatoms. The van der Waals surface area contributed by atoms with Crippen LogP contribution < -0.4 is 4.74 Å². The average molecular weight is 244 g/mol. The summed E-state index contributed by atoms with van der Waals surface area (Å²) in [6.45, 7) is 1.79. The molecule has 0 unspecified atom stereocenters. The second-order valence-corrected chi connectivity index (χ2v) is 3.82. The minimum absolute atomic E-state index is 0.00820. The second-order valence-electron chi connectivity index (χ2n) is 3.82. The maximum atomic E-state index is 10.7. The molecule has 92 valence electrons. The van der Waals surface area contributed by atoms with Crippen LogP contribution in [0, 0.1) is 17.0 Å². The van der Waals surface area contributed by atoms with E-state index in [-0.39, 0.29) is 5.69 Å². The van der Waals surface area contributed by atoms with Gasteiger partial charge in [-0.25, -0.2) is 4.98 Å². The van der Waals surface area contributed by atoms with E-state index in [4.69, 9.17) is 4.74 Å². The predicted molar refractivity (Wildman–Crippen MR) is 67.6 cm³/mol. The number of aryl methyl sites for hydroxylation is 1. The zero-order valence-corrected chi connectivity index (χ0v) is 10.1. The van der Waals surface area contributed by atoms with Gasteiger partial charge in [-0.15, -0.1) is 0 Å². The predicted octanol–water partition coefficient (Wildman–Crippen LogP) is 2.97. The van der Waals surface area contributed by atoms with Crippen molar-refractivity contribution < 1.29 is 9.66 Å². The number of nitro groups is 1. The average Bonchev–Trinajstić information content (AvgIpc) is 2.38. The number of hydrogen-bond acceptors (Lipinski definition) is 4. The first-order chi connectivity index (χ1) is 8.63. The van der Waals surface area contributed by atoms with Gasteiger partial charge in [0.2, 0.25) is 0 Å². The lowest BCUT2D eigenvalue weighted by Gasteiger charge is -2.09. The summed E-state index contributed by atoms with van der Waals surface area (Å²) in [6, 6.07) is 8.95. The monoisotopic (exact) mass is 244 g/mol. The van der Waals surface area contributed by atoms with E-state index < -0.39 is 4.92 Å². The van der Waals surface area contributed by atoms with Crippen LogP contribution in [0.3, 0.4) is 0 Å². The standard InChI is InChI=1S/C13H12N2O3/c1-9-7-10(15(16)17)8-14-13(9)11-5-3-4-6-12(11)18-2/h3-8H,1-2H3. The number of aromatic nitrogens is 1. The highest BCUT2D eigenvalue weighted by Crippen LogP contribution is 2.31. The van der Waals surface area contributed by atoms with E-state index in [2.05, 4.69) is 4.98 Å². The number of ether oxygens (including phenoxy) is 1. The van der Waals surface area contributed by atoms with Gasteiger partial charge in [-0.2, -0.15) is 0 Å². The van der Waals surface area contributed by atoms with E-state index in [1.807, 2.05) is 24.3 Å². The first-order valence-corrected chi connectivity index (χ1v) is 5.38. The molecular weight excluding hydrogens is 232 g/mol. The molecule has 0 saturated carbocycles. The number of methoxy groups -OCH3 is 1. The number of hydrogen-bond donors (Lipinski definition) is 0. The van der Waals surface area contributed by atoms with Gasteiger partial charge >= 0.3 is 0 Å². The largest absolute Gasteiger partial charge is 0.496 e. The van der Waals surface area contributed by atoms with Gasteiger partial charge in [0.1, 0.15) is 11.9 Å². The summed E-state index contributed by atoms with van der Waals surface area (Å²) in [4.78, 5) is 14.4. The molecule has 2 aromatic rings. The lowest BCUT2D eigenvalue weighted by molar-refractivity contribution is -0.385. The normalized spacial score (nSPS) is 10.1. The second kappa shape index (κ2) is 4.83. The van der Waals surface area contributed by atoms with Crippen molar-refractivity contribution in [2.75, 3.05) is 7.11 Å². The fourth-order valence-electron chi connectivity index (χ4n) is 1.78. The molecule has 0 amide bonds. The molecule has 0 N–H and O–H groups in total. The highest BCUT2D eigenvalue weighted by molar-refractivity contribution is 5.70. The quantitative estimate of drug-likeness (QED) is 0.615. The lowest BCUT2D eigenvalue weighted by atomic mass is 10.1. The molecule has 1 aromatic carbocycles. The number of benzene rings is 1. The highest BCUT2D eigenvalue weighted by atomic mass is 16.6. The van der Waals surface area contributed by atoms with Crippen molar-refractivity contribution in [3.05, 3.63) is 52.2 Å². The van der Waals surface area contributed by atoms with E-state index in [9.17, 15) is 10.1 Å². The van der Waals surface area contributed by atoms with Crippen molar-refractivity contribution in [3.8, 4) is 17.0 Å². The molecule has 1 aromatic heterocycles. The van der Waals surface area contributed by atoms with Crippen LogP contribution in [-0.4, -0.2) is 17.0 Å². The van der Waals surface area contributed by atoms with Crippen molar-refractivity contribution in [3.63, 3.8) is 0 Å². The fraction of sp³-hybridized carbons (Fsp3) is 0.154. The van der Waals surface area contributed by atoms with Crippen LogP contribution in [-0.2, 0) is 0 Å². The van der Waals surface area contributed by atoms with Gasteiger partial charge in [0.15, 0.2) is 0 Å². The molecule has 5 nitrogen and oxygen atoms in total. The molecular formula is C13H12N2O3. The fourth-order valence-corrected chi connectivity index (χ4v) is 1.78. The Morgan fingerprint density at radius 3 is 2.67 bits per heavy atom. The third-order valence-electron chi connectivity index (χ3n) is 2.64. The van der Waals surface area contributed by atoms with E-state index in [1.165, 1.54) is 12.3 Å². The summed E-state index contributed by atoms with van der Waals surface area (Å²) in [6.07, 6.45) is 1.26. The Morgan fingerprint density at radius 1 is 1.33 bits per heavy atom. The van der Waals surface area contributed by atoms with Gasteiger partial charge in [0.25, 0.3) is 5.69 Å². The minimum Gasteiger partial charge on any atom is -0.496 e. The van der Waals surface area contributed by atoms with Crippen LogP contribution in [0.1, 0.15) is 5.56 Å². The van der Waals surface area contributed by atoms with Gasteiger partial charge < -0.3 is 4.74 Å². The smallest absolute Gasteiger partial charge is 0.287 e. The van der Waals surface area contributed by atoms with E-state index in [1.54, 1.807) is 14.0 Å². The van der Waals surface area contributed by atoms with E-state index in [0.717, 1.165) is 11.1 Å². The molecule has 0 radical (unpaired) electrons. The maximum absolute atomic E-state index is 10.7. The van der Waals surface area contributed by atoms with Crippen LogP contribution in [0.2, 0.25) is 0 Å². The first-order valence-electron chi connectivity index (χ1n) is 5.38. The zero-order chi connectivity index (χ0) is 13.1. The molecule has 0 spiro atoms. The number of rotatable bonds is 3. The number of nitrogens with zero attached hydrogens (tertiary/aromatic N) is 2. The van der Waals surface area contributed by atoms with Crippen molar-refractivity contribution in [1.82, 2.24) is 4.98 Å². The molecule has 2 rings (SSSR count). The Labute approximate surface area is 104 Å². The van der Waals surface area contributed by atoms with Gasteiger partial charge in [-0.3, -0.25) is 10.1 Å². The topological polar surface area (TPSA) is 65.3 Å². The van der Waals surface area contributed by atoms with Crippen LogP contribution >= 0.6 is 0 Å². The third kappa shape index (κ3) is 2.15. The Balaban J connectivity index is 2.54. The number of pyridine rings is 1. The number of para-hydroxylation sites is 1. The first kappa shape index (κ1) is 12.0. The Bertz CT molecular complexity index is 597. The van der Waals surface area contributed by atoms with Crippen LogP contribution in [0.5, 0.6) is 5.75 Å². The van der Waals surface area contributed by atoms with Crippen LogP contribution in [0.25, 0.3) is 11.3 Å². The summed E-state index contributed by atoms with van der Waals surface area (Å²) < 4.78 is 5.26. The van der Waals surface area contributed by atoms with Crippen molar-refractivity contribution in [2.24, 2.45) is 0 Å². The van der Waals surface area contributed by atoms with Crippen molar-refractivity contribution in [1.29, 1.82) is 0 Å². The Morgan fingerprint density at radius 2 is 2.06 bits per heavy atom. The van der Waals surface area contributed by atoms with Gasteiger partial charge in [-0.1, -0.05) is 12.1 Å². The molecule has 0 aliphatic carbocycles. The molecule has 1 heterocycles. The minimum atomic E-state index is -0.452. The summed E-state index contributed by atoms with van der Waals surface area (Å²) >= 11 is 0. The summed E-state index contributed by atoms with van der Waals surface area (Å²) in [5.41, 5.74) is 2.25. The van der Waals surface area contributed by atoms with Gasteiger partial charge in [0.05, 0.1) is 17.7 Å². The molecule has 0 aliphatic heterocycles. The summed E-state index contributed by atoms with van der Waals surface area (Å²) in [5.74, 6) is 0.696. The molecule has 0 saturated heterocycles. The Kier molecular flexibility index (Phi) is 3.23. The van der Waals surface area contributed by atoms with Crippen molar-refractivity contribution >= 4 is 5.69 Å². The Hall–Kier alpha value is -2.43. The molecule has 0 aliphatic rings. The SMILES string of the molecule is COc1ccccc1-c1ncc([N+](=O)[O-])cc1C. The zero-order valence-electron chi connectivity index (χ0n) is 10.1. The van der Waals surface area contributed by atoms with E-state index in [0.29, 0.717) is 11.4 Å². The maximum Gasteiger partial charge on any atom is 0.287 e. The van der Waals surface area contributed by atoms with Gasteiger partial charge in [-0.05, 0) is 24.6 Å². The van der Waals surface area contributed by atoms with Crippen LogP contribution in [0.4, 0.5) is 5.69 Å². The third-order valence-corrected chi connectivity index (χ3v) is 2.64. The molecule has 0 fully saturated rings.